The van der Waals surface area contributed by atoms with E-state index in [0.717, 1.165) is 33.4 Å². The molecule has 1 aliphatic heterocycles. The monoisotopic (exact) mass is 684 g/mol. The second kappa shape index (κ2) is 14.6. The second-order valence-electron chi connectivity index (χ2n) is 12.6. The number of rotatable bonds is 12. The third-order valence-electron chi connectivity index (χ3n) is 8.80. The highest BCUT2D eigenvalue weighted by Crippen LogP contribution is 2.43. The van der Waals surface area contributed by atoms with Gasteiger partial charge in [0.05, 0.1) is 23.7 Å². The summed E-state index contributed by atoms with van der Waals surface area (Å²) in [5.74, 6) is -0.423. The number of fused-ring (bicyclic) bond motifs is 1. The number of hydrogen-bond donors (Lipinski definition) is 3. The van der Waals surface area contributed by atoms with Crippen molar-refractivity contribution in [2.45, 2.75) is 56.7 Å². The molecule has 2 aromatic carbocycles. The van der Waals surface area contributed by atoms with Crippen molar-refractivity contribution < 1.29 is 23.4 Å². The van der Waals surface area contributed by atoms with Gasteiger partial charge in [-0.2, -0.15) is 5.26 Å². The smallest absolute Gasteiger partial charge is 0.271 e. The van der Waals surface area contributed by atoms with Crippen LogP contribution >= 0.6 is 11.6 Å². The Morgan fingerprint density at radius 3 is 2.80 bits per heavy atom. The Hall–Kier alpha value is -4.44. The van der Waals surface area contributed by atoms with E-state index in [1.54, 1.807) is 38.4 Å². The predicted molar refractivity (Wildman–Crippen MR) is 184 cm³/mol. The van der Waals surface area contributed by atoms with Gasteiger partial charge in [-0.3, -0.25) is 14.7 Å². The van der Waals surface area contributed by atoms with E-state index >= 15 is 0 Å². The second-order valence-corrected chi connectivity index (χ2v) is 13.1. The molecule has 2 aromatic heterocycles. The maximum absolute atomic E-state index is 14.2. The third-order valence-corrected chi connectivity index (χ3v) is 9.38. The average molecular weight is 685 g/mol. The summed E-state index contributed by atoms with van der Waals surface area (Å²) in [6.07, 6.45) is 5.71. The zero-order chi connectivity index (χ0) is 34.7. The number of amides is 1. The number of oxazole rings is 1. The summed E-state index contributed by atoms with van der Waals surface area (Å²) in [6.45, 7) is 5.89. The number of methoxy groups -OCH3 is 1. The first kappa shape index (κ1) is 34.4. The Balaban J connectivity index is 1.40. The number of aliphatic hydroxyl groups is 1. The molecule has 0 bridgehead atoms. The summed E-state index contributed by atoms with van der Waals surface area (Å²) in [4.78, 5) is 25.4. The van der Waals surface area contributed by atoms with Gasteiger partial charge in [0.1, 0.15) is 23.5 Å². The van der Waals surface area contributed by atoms with Crippen molar-refractivity contribution in [2.75, 3.05) is 26.7 Å². The van der Waals surface area contributed by atoms with Crippen molar-refractivity contribution in [3.8, 4) is 6.07 Å². The molecule has 12 heteroatoms. The fraction of sp³-hybridized carbons (Fsp3) is 0.351. The third kappa shape index (κ3) is 7.15. The molecule has 49 heavy (non-hydrogen) atoms. The molecular weight excluding hydrogens is 647 g/mol. The van der Waals surface area contributed by atoms with Gasteiger partial charge in [0.25, 0.3) is 5.91 Å². The molecule has 3 atom stereocenters. The minimum Gasteiger partial charge on any atom is -0.436 e. The molecule has 10 nitrogen and oxygen atoms in total. The molecule has 254 valence electrons. The Labute approximate surface area is 289 Å². The van der Waals surface area contributed by atoms with Crippen LogP contribution in [0.5, 0.6) is 0 Å². The number of carbonyl (C=O) groups is 1. The number of nitrogens with zero attached hydrogens (tertiary/aromatic N) is 4. The van der Waals surface area contributed by atoms with E-state index in [-0.39, 0.29) is 29.3 Å². The summed E-state index contributed by atoms with van der Waals surface area (Å²) in [6, 6.07) is 15.2. The van der Waals surface area contributed by atoms with Crippen LogP contribution in [-0.2, 0) is 30.0 Å². The van der Waals surface area contributed by atoms with Crippen molar-refractivity contribution >= 4 is 34.2 Å². The quantitative estimate of drug-likeness (QED) is 0.175. The number of alkyl halides is 2. The number of benzene rings is 2. The number of nitriles is 1. The molecule has 1 aliphatic carbocycles. The van der Waals surface area contributed by atoms with Gasteiger partial charge in [-0.15, -0.1) is 11.6 Å². The SMILES string of the molecule is COCc1cc(C(=O)NC2(c3nc4cc(CN5CC(F)C5)cc(C#N)c4o3)C=CC=C(c3ccccc3C)C2Cl)ncc1CNCC(C)O. The van der Waals surface area contributed by atoms with E-state index in [4.69, 9.17) is 25.7 Å². The zero-order valence-electron chi connectivity index (χ0n) is 27.5. The Morgan fingerprint density at radius 1 is 1.29 bits per heavy atom. The molecule has 3 N–H and O–H groups in total. The van der Waals surface area contributed by atoms with E-state index in [1.807, 2.05) is 54.3 Å². The van der Waals surface area contributed by atoms with Crippen LogP contribution in [0.4, 0.5) is 4.39 Å². The Kier molecular flexibility index (Phi) is 10.2. The molecule has 0 spiro atoms. The molecule has 0 radical (unpaired) electrons. The van der Waals surface area contributed by atoms with E-state index in [1.165, 1.54) is 0 Å². The molecule has 6 rings (SSSR count). The number of aromatic nitrogens is 2. The lowest BCUT2D eigenvalue weighted by molar-refractivity contribution is 0.0591. The molecule has 1 amide bonds. The summed E-state index contributed by atoms with van der Waals surface area (Å²) in [5, 5.41) is 25.1. The van der Waals surface area contributed by atoms with E-state index in [2.05, 4.69) is 21.7 Å². The molecule has 3 unspecified atom stereocenters. The minimum absolute atomic E-state index is 0.101. The van der Waals surface area contributed by atoms with Crippen molar-refractivity contribution in [2.24, 2.45) is 0 Å². The van der Waals surface area contributed by atoms with Crippen LogP contribution in [0.2, 0.25) is 0 Å². The van der Waals surface area contributed by atoms with Gasteiger partial charge in [-0.1, -0.05) is 36.4 Å². The van der Waals surface area contributed by atoms with Gasteiger partial charge in [0, 0.05) is 46.0 Å². The lowest BCUT2D eigenvalue weighted by Crippen LogP contribution is -2.52. The summed E-state index contributed by atoms with van der Waals surface area (Å²) < 4.78 is 25.3. The maximum Gasteiger partial charge on any atom is 0.271 e. The van der Waals surface area contributed by atoms with Crippen LogP contribution in [-0.4, -0.2) is 70.3 Å². The largest absolute Gasteiger partial charge is 0.436 e. The van der Waals surface area contributed by atoms with Crippen LogP contribution in [0.3, 0.4) is 0 Å². The fourth-order valence-corrected chi connectivity index (χ4v) is 6.69. The van der Waals surface area contributed by atoms with Crippen LogP contribution in [0.25, 0.3) is 16.7 Å². The van der Waals surface area contributed by atoms with Gasteiger partial charge in [-0.05, 0) is 71.5 Å². The molecular formula is C37H38ClFN6O4. The number of halogens is 2. The standard InChI is InChI=1S/C37H38ClFN6O4/c1-22-7-4-5-8-29(22)30-9-6-10-37(34(30)38,44-35(47)32-13-26(21-48-3)27(17-42-32)16-41-15-23(2)46)36-43-31-12-24(18-45-19-28(39)20-45)11-25(14-40)33(31)49-36/h4-13,17,23,28,34,41,46H,15-16,18-21H2,1-3H3,(H,44,47). The number of aryl methyl sites for hydroxylation is 1. The highest BCUT2D eigenvalue weighted by atomic mass is 35.5. The lowest BCUT2D eigenvalue weighted by Gasteiger charge is -2.36. The van der Waals surface area contributed by atoms with Gasteiger partial charge in [0.2, 0.25) is 5.89 Å². The van der Waals surface area contributed by atoms with Gasteiger partial charge >= 0.3 is 0 Å². The van der Waals surface area contributed by atoms with Gasteiger partial charge < -0.3 is 24.9 Å². The number of ether oxygens (including phenoxy) is 1. The van der Waals surface area contributed by atoms with Crippen LogP contribution in [0, 0.1) is 18.3 Å². The first-order chi connectivity index (χ1) is 23.6. The van der Waals surface area contributed by atoms with Crippen molar-refractivity contribution in [3.63, 3.8) is 0 Å². The lowest BCUT2D eigenvalue weighted by atomic mass is 9.81. The summed E-state index contributed by atoms with van der Waals surface area (Å²) in [5.41, 5.74) is 4.63. The molecule has 3 heterocycles. The van der Waals surface area contributed by atoms with Crippen LogP contribution in [0.15, 0.2) is 71.3 Å². The molecule has 1 saturated heterocycles. The van der Waals surface area contributed by atoms with Gasteiger partial charge in [0.15, 0.2) is 11.1 Å². The number of allylic oxidation sites excluding steroid dienone is 2. The van der Waals surface area contributed by atoms with Crippen LogP contribution in [0.1, 0.15) is 56.7 Å². The van der Waals surface area contributed by atoms with Gasteiger partial charge in [-0.25, -0.2) is 9.37 Å². The predicted octanol–water partition coefficient (Wildman–Crippen LogP) is 5.06. The molecule has 4 aromatic rings. The number of nitrogens with one attached hydrogen (secondary N) is 2. The number of likely N-dealkylation sites (tertiary alicyclic amines) is 1. The number of hydrogen-bond acceptors (Lipinski definition) is 9. The summed E-state index contributed by atoms with van der Waals surface area (Å²) in [7, 11) is 1.57. The van der Waals surface area contributed by atoms with Crippen molar-refractivity contribution in [1.29, 1.82) is 5.26 Å². The molecule has 2 aliphatic rings. The minimum atomic E-state index is -1.49. The molecule has 0 saturated carbocycles. The van der Waals surface area contributed by atoms with E-state index in [9.17, 15) is 19.6 Å². The Bertz CT molecular complexity index is 1960. The molecule has 1 fully saturated rings. The van der Waals surface area contributed by atoms with Crippen molar-refractivity contribution in [3.05, 3.63) is 112 Å². The first-order valence-electron chi connectivity index (χ1n) is 16.1. The highest BCUT2D eigenvalue weighted by Gasteiger charge is 2.47. The average Bonchev–Trinajstić information content (AvgIpc) is 3.50. The van der Waals surface area contributed by atoms with Crippen molar-refractivity contribution in [1.82, 2.24) is 25.5 Å². The Morgan fingerprint density at radius 2 is 2.08 bits per heavy atom. The topological polar surface area (TPSA) is 137 Å². The first-order valence-corrected chi connectivity index (χ1v) is 16.5. The number of aliphatic hydroxyl groups excluding tert-OH is 1. The summed E-state index contributed by atoms with van der Waals surface area (Å²) >= 11 is 7.40. The number of carbonyl (C=O) groups excluding carboxylic acids is 1. The van der Waals surface area contributed by atoms with E-state index < -0.39 is 29.1 Å². The number of pyridine rings is 1. The normalized spacial score (nSPS) is 20.1. The van der Waals surface area contributed by atoms with Crippen LogP contribution < -0.4 is 10.6 Å². The maximum atomic E-state index is 14.2. The highest BCUT2D eigenvalue weighted by molar-refractivity contribution is 6.28. The van der Waals surface area contributed by atoms with E-state index in [0.29, 0.717) is 38.2 Å². The fourth-order valence-electron chi connectivity index (χ4n) is 6.28. The zero-order valence-corrected chi connectivity index (χ0v) is 28.3.